The second-order valence-electron chi connectivity index (χ2n) is 7.14. The maximum absolute atomic E-state index is 12.8. The number of carbonyl (C=O) groups is 2. The van der Waals surface area contributed by atoms with Crippen LogP contribution >= 0.6 is 0 Å². The van der Waals surface area contributed by atoms with E-state index in [-0.39, 0.29) is 17.9 Å². The number of likely N-dealkylation sites (N-methyl/N-ethyl adjacent to an activating group) is 1. The van der Waals surface area contributed by atoms with E-state index in [4.69, 9.17) is 0 Å². The monoisotopic (exact) mass is 344 g/mol. The number of piperidine rings is 1. The lowest BCUT2D eigenvalue weighted by molar-refractivity contribution is -0.117. The highest BCUT2D eigenvalue weighted by molar-refractivity contribution is 6.05. The molecule has 0 radical (unpaired) electrons. The highest BCUT2D eigenvalue weighted by Crippen LogP contribution is 2.32. The van der Waals surface area contributed by atoms with Crippen molar-refractivity contribution in [3.8, 4) is 0 Å². The van der Waals surface area contributed by atoms with Gasteiger partial charge >= 0.3 is 0 Å². The standard InChI is InChI=1S/C19H28N4O2/c1-13-18(24)21-16-12-15(4-5-17(16)22(13)3)19(25)23-10-7-14(8-11-23)6-9-20-2/h4-5,12-14,20H,6-11H2,1-3H3,(H,21,24). The molecule has 1 saturated heterocycles. The van der Waals surface area contributed by atoms with Gasteiger partial charge in [-0.2, -0.15) is 0 Å². The third kappa shape index (κ3) is 3.63. The van der Waals surface area contributed by atoms with Crippen LogP contribution in [0.15, 0.2) is 18.2 Å². The summed E-state index contributed by atoms with van der Waals surface area (Å²) in [6, 6.07) is 5.41. The molecule has 1 atom stereocenters. The van der Waals surface area contributed by atoms with E-state index >= 15 is 0 Å². The van der Waals surface area contributed by atoms with Crippen molar-refractivity contribution >= 4 is 23.2 Å². The Hall–Kier alpha value is -2.08. The number of benzene rings is 1. The molecule has 1 fully saturated rings. The summed E-state index contributed by atoms with van der Waals surface area (Å²) >= 11 is 0. The Morgan fingerprint density at radius 3 is 2.72 bits per heavy atom. The SMILES string of the molecule is CNCCC1CCN(C(=O)c2ccc3c(c2)NC(=O)C(C)N3C)CC1. The summed E-state index contributed by atoms with van der Waals surface area (Å²) in [7, 11) is 3.88. The van der Waals surface area contributed by atoms with Gasteiger partial charge in [0.1, 0.15) is 6.04 Å². The minimum Gasteiger partial charge on any atom is -0.361 e. The lowest BCUT2D eigenvalue weighted by Gasteiger charge is -2.34. The van der Waals surface area contributed by atoms with Crippen LogP contribution in [-0.2, 0) is 4.79 Å². The highest BCUT2D eigenvalue weighted by atomic mass is 16.2. The zero-order valence-electron chi connectivity index (χ0n) is 15.3. The molecular formula is C19H28N4O2. The van der Waals surface area contributed by atoms with Crippen LogP contribution in [-0.4, -0.2) is 56.5 Å². The molecule has 2 aliphatic heterocycles. The quantitative estimate of drug-likeness (QED) is 0.876. The summed E-state index contributed by atoms with van der Waals surface area (Å²) < 4.78 is 0. The van der Waals surface area contributed by atoms with Crippen LogP contribution in [0.3, 0.4) is 0 Å². The lowest BCUT2D eigenvalue weighted by atomic mass is 9.93. The highest BCUT2D eigenvalue weighted by Gasteiger charge is 2.28. The third-order valence-corrected chi connectivity index (χ3v) is 5.55. The van der Waals surface area contributed by atoms with E-state index in [9.17, 15) is 9.59 Å². The van der Waals surface area contributed by atoms with Gasteiger partial charge in [-0.1, -0.05) is 0 Å². The molecule has 1 aromatic rings. The largest absolute Gasteiger partial charge is 0.361 e. The van der Waals surface area contributed by atoms with E-state index in [0.29, 0.717) is 11.5 Å². The molecule has 2 aliphatic rings. The number of rotatable bonds is 4. The van der Waals surface area contributed by atoms with Crippen LogP contribution in [0.4, 0.5) is 11.4 Å². The van der Waals surface area contributed by atoms with Crippen LogP contribution in [0, 0.1) is 5.92 Å². The van der Waals surface area contributed by atoms with E-state index in [1.165, 1.54) is 6.42 Å². The van der Waals surface area contributed by atoms with Gasteiger partial charge in [0.25, 0.3) is 5.91 Å². The lowest BCUT2D eigenvalue weighted by Crippen LogP contribution is -2.44. The molecule has 2 heterocycles. The summed E-state index contributed by atoms with van der Waals surface area (Å²) in [6.07, 6.45) is 3.30. The van der Waals surface area contributed by atoms with Crippen molar-refractivity contribution < 1.29 is 9.59 Å². The van der Waals surface area contributed by atoms with E-state index in [1.54, 1.807) is 0 Å². The van der Waals surface area contributed by atoms with E-state index < -0.39 is 0 Å². The van der Waals surface area contributed by atoms with Crippen LogP contribution in [0.25, 0.3) is 0 Å². The van der Waals surface area contributed by atoms with Crippen LogP contribution in [0.2, 0.25) is 0 Å². The fourth-order valence-electron chi connectivity index (χ4n) is 3.65. The van der Waals surface area contributed by atoms with Gasteiger partial charge in [-0.05, 0) is 63.9 Å². The number of fused-ring (bicyclic) bond motifs is 1. The summed E-state index contributed by atoms with van der Waals surface area (Å²) in [4.78, 5) is 28.7. The average molecular weight is 344 g/mol. The number of carbonyl (C=O) groups excluding carboxylic acids is 2. The number of hydrogen-bond acceptors (Lipinski definition) is 4. The number of nitrogens with one attached hydrogen (secondary N) is 2. The molecule has 0 saturated carbocycles. The van der Waals surface area contributed by atoms with Gasteiger partial charge in [0, 0.05) is 25.7 Å². The summed E-state index contributed by atoms with van der Waals surface area (Å²) in [5, 5.41) is 6.11. The first-order chi connectivity index (χ1) is 12.0. The molecule has 0 aliphatic carbocycles. The normalized spacial score (nSPS) is 21.1. The van der Waals surface area contributed by atoms with E-state index in [1.807, 2.05) is 49.0 Å². The molecule has 6 heteroatoms. The van der Waals surface area contributed by atoms with Crippen molar-refractivity contribution in [3.05, 3.63) is 23.8 Å². The molecule has 1 unspecified atom stereocenters. The topological polar surface area (TPSA) is 64.7 Å². The van der Waals surface area contributed by atoms with Crippen molar-refractivity contribution in [1.82, 2.24) is 10.2 Å². The van der Waals surface area contributed by atoms with Crippen LogP contribution in [0.1, 0.15) is 36.5 Å². The molecule has 0 bridgehead atoms. The number of anilines is 2. The molecule has 3 rings (SSSR count). The summed E-state index contributed by atoms with van der Waals surface area (Å²) in [5.74, 6) is 0.727. The predicted octanol–water partition coefficient (Wildman–Crippen LogP) is 1.93. The van der Waals surface area contributed by atoms with Gasteiger partial charge in [0.05, 0.1) is 11.4 Å². The van der Waals surface area contributed by atoms with Crippen LogP contribution < -0.4 is 15.5 Å². The minimum atomic E-state index is -0.203. The molecule has 1 aromatic carbocycles. The molecule has 2 N–H and O–H groups in total. The van der Waals surface area contributed by atoms with Crippen molar-refractivity contribution in [3.63, 3.8) is 0 Å². The first-order valence-electron chi connectivity index (χ1n) is 9.13. The molecule has 25 heavy (non-hydrogen) atoms. The number of amides is 2. The van der Waals surface area contributed by atoms with Crippen molar-refractivity contribution in [2.75, 3.05) is 43.9 Å². The molecule has 0 aromatic heterocycles. The molecule has 0 spiro atoms. The van der Waals surface area contributed by atoms with E-state index in [2.05, 4.69) is 10.6 Å². The fraction of sp³-hybridized carbons (Fsp3) is 0.579. The Balaban J connectivity index is 1.68. The average Bonchev–Trinajstić information content (AvgIpc) is 2.64. The smallest absolute Gasteiger partial charge is 0.253 e. The van der Waals surface area contributed by atoms with Gasteiger partial charge in [-0.25, -0.2) is 0 Å². The van der Waals surface area contributed by atoms with E-state index in [0.717, 1.165) is 43.9 Å². The zero-order valence-corrected chi connectivity index (χ0v) is 15.3. The Morgan fingerprint density at radius 2 is 2.04 bits per heavy atom. The van der Waals surface area contributed by atoms with Crippen molar-refractivity contribution in [2.45, 2.75) is 32.2 Å². The molecule has 136 valence electrons. The molecule has 6 nitrogen and oxygen atoms in total. The Kier molecular flexibility index (Phi) is 5.27. The van der Waals surface area contributed by atoms with Gasteiger partial charge in [0.2, 0.25) is 5.91 Å². The van der Waals surface area contributed by atoms with Gasteiger partial charge in [-0.15, -0.1) is 0 Å². The minimum absolute atomic E-state index is 0.0371. The first-order valence-corrected chi connectivity index (χ1v) is 9.13. The maximum Gasteiger partial charge on any atom is 0.253 e. The Bertz CT molecular complexity index is 653. The van der Waals surface area contributed by atoms with Gasteiger partial charge in [-0.3, -0.25) is 9.59 Å². The number of likely N-dealkylation sites (tertiary alicyclic amines) is 1. The predicted molar refractivity (Wildman–Crippen MR) is 100 cm³/mol. The molecule has 2 amide bonds. The summed E-state index contributed by atoms with van der Waals surface area (Å²) in [6.45, 7) is 4.53. The Morgan fingerprint density at radius 1 is 1.32 bits per heavy atom. The first kappa shape index (κ1) is 17.7. The second kappa shape index (κ2) is 7.44. The summed E-state index contributed by atoms with van der Waals surface area (Å²) in [5.41, 5.74) is 2.32. The van der Waals surface area contributed by atoms with Gasteiger partial charge in [0.15, 0.2) is 0 Å². The van der Waals surface area contributed by atoms with Crippen molar-refractivity contribution in [2.24, 2.45) is 5.92 Å². The Labute approximate surface area is 149 Å². The number of nitrogens with zero attached hydrogens (tertiary/aromatic N) is 2. The number of hydrogen-bond donors (Lipinski definition) is 2. The van der Waals surface area contributed by atoms with Crippen molar-refractivity contribution in [1.29, 1.82) is 0 Å². The van der Waals surface area contributed by atoms with Crippen LogP contribution in [0.5, 0.6) is 0 Å². The zero-order chi connectivity index (χ0) is 18.0. The fourth-order valence-corrected chi connectivity index (χ4v) is 3.65. The molecular weight excluding hydrogens is 316 g/mol. The second-order valence-corrected chi connectivity index (χ2v) is 7.14. The third-order valence-electron chi connectivity index (χ3n) is 5.55. The van der Waals surface area contributed by atoms with Gasteiger partial charge < -0.3 is 20.4 Å². The maximum atomic E-state index is 12.8.